The lowest BCUT2D eigenvalue weighted by Gasteiger charge is -2.25. The molecule has 0 amide bonds. The summed E-state index contributed by atoms with van der Waals surface area (Å²) in [6.45, 7) is 10.1. The molecule has 2 saturated heterocycles. The van der Waals surface area contributed by atoms with Crippen LogP contribution in [0.5, 0.6) is 0 Å². The Kier molecular flexibility index (Phi) is 6.11. The summed E-state index contributed by atoms with van der Waals surface area (Å²) in [7, 11) is 0. The van der Waals surface area contributed by atoms with Crippen molar-refractivity contribution in [2.24, 2.45) is 10.4 Å². The fraction of sp³-hybridized carbons (Fsp3) is 0.778. The average Bonchev–Trinajstić information content (AvgIpc) is 3.30. The minimum Gasteiger partial charge on any atom is -0.381 e. The van der Waals surface area contributed by atoms with Crippen molar-refractivity contribution >= 4 is 17.3 Å². The summed E-state index contributed by atoms with van der Waals surface area (Å²) in [4.78, 5) is 11.8. The lowest BCUT2D eigenvalue weighted by Crippen LogP contribution is -2.41. The van der Waals surface area contributed by atoms with Crippen molar-refractivity contribution in [1.82, 2.24) is 15.2 Å². The van der Waals surface area contributed by atoms with E-state index in [1.165, 1.54) is 17.8 Å². The number of hydrogen-bond acceptors (Lipinski definition) is 4. The van der Waals surface area contributed by atoms with Gasteiger partial charge in [0.2, 0.25) is 0 Å². The highest BCUT2D eigenvalue weighted by atomic mass is 32.1. The van der Waals surface area contributed by atoms with Crippen LogP contribution >= 0.6 is 11.3 Å². The first kappa shape index (κ1) is 17.7. The minimum absolute atomic E-state index is 0.388. The number of aliphatic imine (C=N–C) groups is 1. The minimum atomic E-state index is 0.388. The van der Waals surface area contributed by atoms with Gasteiger partial charge in [0.1, 0.15) is 0 Å². The number of guanidine groups is 1. The zero-order valence-electron chi connectivity index (χ0n) is 15.0. The fourth-order valence-electron chi connectivity index (χ4n) is 3.60. The van der Waals surface area contributed by atoms with Gasteiger partial charge in [0.15, 0.2) is 5.96 Å². The van der Waals surface area contributed by atoms with Gasteiger partial charge in [-0.25, -0.2) is 4.98 Å². The molecular formula is C18H30N4OS. The molecule has 0 aromatic carbocycles. The van der Waals surface area contributed by atoms with E-state index in [1.54, 1.807) is 11.3 Å². The molecule has 1 N–H and O–H groups in total. The summed E-state index contributed by atoms with van der Waals surface area (Å²) in [6, 6.07) is 0. The number of thiazole rings is 1. The second-order valence-corrected chi connectivity index (χ2v) is 7.99. The summed E-state index contributed by atoms with van der Waals surface area (Å²) in [5.74, 6) is 1.09. The lowest BCUT2D eigenvalue weighted by molar-refractivity contribution is 0.156. The first-order valence-electron chi connectivity index (χ1n) is 9.23. The molecule has 5 nitrogen and oxygen atoms in total. The third kappa shape index (κ3) is 4.48. The number of rotatable bonds is 6. The van der Waals surface area contributed by atoms with Gasteiger partial charge in [-0.3, -0.25) is 4.99 Å². The van der Waals surface area contributed by atoms with Gasteiger partial charge in [-0.2, -0.15) is 0 Å². The van der Waals surface area contributed by atoms with Crippen molar-refractivity contribution in [2.45, 2.75) is 46.0 Å². The Morgan fingerprint density at radius 1 is 1.46 bits per heavy atom. The Morgan fingerprint density at radius 3 is 3.08 bits per heavy atom. The van der Waals surface area contributed by atoms with Gasteiger partial charge in [-0.1, -0.05) is 0 Å². The second kappa shape index (κ2) is 8.30. The van der Waals surface area contributed by atoms with Crippen LogP contribution in [-0.2, 0) is 11.2 Å². The van der Waals surface area contributed by atoms with E-state index >= 15 is 0 Å². The predicted octanol–water partition coefficient (Wildman–Crippen LogP) is 2.85. The SMILES string of the molecule is CCNC(=NCCCCc1nc(C)cs1)N1CCC2(CCOC2)C1. The molecule has 1 spiro atoms. The highest BCUT2D eigenvalue weighted by Gasteiger charge is 2.42. The van der Waals surface area contributed by atoms with Crippen LogP contribution in [0.25, 0.3) is 0 Å². The van der Waals surface area contributed by atoms with E-state index in [4.69, 9.17) is 9.73 Å². The summed E-state index contributed by atoms with van der Waals surface area (Å²) in [6.07, 6.45) is 5.80. The van der Waals surface area contributed by atoms with E-state index in [2.05, 4.69) is 34.4 Å². The standard InChI is InChI=1S/C18H30N4OS/c1-3-19-17(22-10-7-18(13-22)8-11-23-14-18)20-9-5-4-6-16-21-15(2)12-24-16/h12H,3-11,13-14H2,1-2H3,(H,19,20). The molecule has 1 aromatic rings. The monoisotopic (exact) mass is 350 g/mol. The number of aryl methyl sites for hydroxylation is 2. The summed E-state index contributed by atoms with van der Waals surface area (Å²) < 4.78 is 5.64. The van der Waals surface area contributed by atoms with Crippen molar-refractivity contribution in [3.8, 4) is 0 Å². The molecule has 134 valence electrons. The van der Waals surface area contributed by atoms with E-state index in [9.17, 15) is 0 Å². The number of nitrogens with one attached hydrogen (secondary N) is 1. The van der Waals surface area contributed by atoms with Crippen LogP contribution in [0.3, 0.4) is 0 Å². The maximum absolute atomic E-state index is 5.64. The number of unbranched alkanes of at least 4 members (excludes halogenated alkanes) is 1. The van der Waals surface area contributed by atoms with Crippen LogP contribution in [0.1, 0.15) is 43.3 Å². The molecule has 1 unspecified atom stereocenters. The van der Waals surface area contributed by atoms with E-state index in [-0.39, 0.29) is 0 Å². The molecule has 2 fully saturated rings. The zero-order valence-corrected chi connectivity index (χ0v) is 15.8. The van der Waals surface area contributed by atoms with Crippen molar-refractivity contribution in [2.75, 3.05) is 39.4 Å². The first-order chi connectivity index (χ1) is 11.7. The van der Waals surface area contributed by atoms with Gasteiger partial charge in [0, 0.05) is 49.3 Å². The van der Waals surface area contributed by atoms with Crippen molar-refractivity contribution in [3.63, 3.8) is 0 Å². The summed E-state index contributed by atoms with van der Waals surface area (Å²) >= 11 is 1.77. The van der Waals surface area contributed by atoms with E-state index in [0.29, 0.717) is 5.41 Å². The molecule has 0 aliphatic carbocycles. The van der Waals surface area contributed by atoms with Crippen LogP contribution in [0.15, 0.2) is 10.4 Å². The van der Waals surface area contributed by atoms with Crippen molar-refractivity contribution in [3.05, 3.63) is 16.1 Å². The third-order valence-electron chi connectivity index (χ3n) is 4.98. The van der Waals surface area contributed by atoms with Crippen LogP contribution in [0.4, 0.5) is 0 Å². The molecule has 24 heavy (non-hydrogen) atoms. The van der Waals surface area contributed by atoms with Crippen molar-refractivity contribution < 1.29 is 4.74 Å². The molecule has 0 bridgehead atoms. The highest BCUT2D eigenvalue weighted by Crippen LogP contribution is 2.38. The van der Waals surface area contributed by atoms with E-state index < -0.39 is 0 Å². The molecule has 1 atom stereocenters. The summed E-state index contributed by atoms with van der Waals surface area (Å²) in [5.41, 5.74) is 1.53. The summed E-state index contributed by atoms with van der Waals surface area (Å²) in [5, 5.41) is 6.85. The zero-order chi connectivity index (χ0) is 16.8. The molecule has 2 aliphatic rings. The Morgan fingerprint density at radius 2 is 2.38 bits per heavy atom. The fourth-order valence-corrected chi connectivity index (χ4v) is 4.42. The van der Waals surface area contributed by atoms with Crippen LogP contribution in [0.2, 0.25) is 0 Å². The predicted molar refractivity (Wildman–Crippen MR) is 99.8 cm³/mol. The lowest BCUT2D eigenvalue weighted by atomic mass is 9.87. The van der Waals surface area contributed by atoms with Crippen LogP contribution in [0, 0.1) is 12.3 Å². The van der Waals surface area contributed by atoms with Crippen molar-refractivity contribution in [1.29, 1.82) is 0 Å². The maximum Gasteiger partial charge on any atom is 0.193 e. The smallest absolute Gasteiger partial charge is 0.193 e. The van der Waals surface area contributed by atoms with Gasteiger partial charge in [0.25, 0.3) is 0 Å². The molecule has 1 aromatic heterocycles. The van der Waals surface area contributed by atoms with Gasteiger partial charge in [0.05, 0.1) is 11.6 Å². The van der Waals surface area contributed by atoms with Gasteiger partial charge in [-0.05, 0) is 46.0 Å². The van der Waals surface area contributed by atoms with E-state index in [0.717, 1.165) is 70.3 Å². The largest absolute Gasteiger partial charge is 0.381 e. The molecule has 0 radical (unpaired) electrons. The number of hydrogen-bond donors (Lipinski definition) is 1. The molecule has 3 rings (SSSR count). The average molecular weight is 351 g/mol. The number of aromatic nitrogens is 1. The Bertz CT molecular complexity index is 551. The molecule has 6 heteroatoms. The molecule has 3 heterocycles. The maximum atomic E-state index is 5.64. The molecular weight excluding hydrogens is 320 g/mol. The Hall–Kier alpha value is -1.14. The quantitative estimate of drug-likeness (QED) is 0.487. The normalized spacial score (nSPS) is 24.2. The second-order valence-electron chi connectivity index (χ2n) is 7.05. The van der Waals surface area contributed by atoms with Crippen LogP contribution < -0.4 is 5.32 Å². The molecule has 0 saturated carbocycles. The van der Waals surface area contributed by atoms with Gasteiger partial charge >= 0.3 is 0 Å². The highest BCUT2D eigenvalue weighted by molar-refractivity contribution is 7.09. The number of nitrogens with zero attached hydrogens (tertiary/aromatic N) is 3. The van der Waals surface area contributed by atoms with Crippen LogP contribution in [-0.4, -0.2) is 55.2 Å². The molecule has 2 aliphatic heterocycles. The number of likely N-dealkylation sites (tertiary alicyclic amines) is 1. The topological polar surface area (TPSA) is 49.8 Å². The number of ether oxygens (including phenoxy) is 1. The Labute approximate surface area is 149 Å². The Balaban J connectivity index is 1.45. The first-order valence-corrected chi connectivity index (χ1v) is 10.1. The van der Waals surface area contributed by atoms with Gasteiger partial charge < -0.3 is 15.0 Å². The third-order valence-corrected chi connectivity index (χ3v) is 6.01. The van der Waals surface area contributed by atoms with E-state index in [1.807, 2.05) is 0 Å². The van der Waals surface area contributed by atoms with Gasteiger partial charge in [-0.15, -0.1) is 11.3 Å².